The van der Waals surface area contributed by atoms with Gasteiger partial charge in [-0.2, -0.15) is 5.10 Å². The number of hydrogen-bond donors (Lipinski definition) is 1. The maximum Gasteiger partial charge on any atom is 0.260 e. The SMILES string of the molecule is COc1ccc2cc(/C=N\NC(=O)CN(c3ccc(C)c(Cl)c3)S(C)(=O)=O)c(Cl)nc2c1. The lowest BCUT2D eigenvalue weighted by Crippen LogP contribution is -2.39. The lowest BCUT2D eigenvalue weighted by atomic mass is 10.1. The summed E-state index contributed by atoms with van der Waals surface area (Å²) in [5.74, 6) is 0.0121. The second-order valence-corrected chi connectivity index (χ2v) is 9.60. The molecule has 1 heterocycles. The van der Waals surface area contributed by atoms with E-state index in [-0.39, 0.29) is 10.8 Å². The molecule has 0 radical (unpaired) electrons. The molecule has 3 aromatic rings. The largest absolute Gasteiger partial charge is 0.497 e. The number of aryl methyl sites for hydroxylation is 1. The first-order valence-electron chi connectivity index (χ1n) is 9.28. The number of rotatable bonds is 7. The number of carbonyl (C=O) groups is 1. The van der Waals surface area contributed by atoms with Crippen molar-refractivity contribution in [3.63, 3.8) is 0 Å². The van der Waals surface area contributed by atoms with Gasteiger partial charge >= 0.3 is 0 Å². The van der Waals surface area contributed by atoms with Crippen molar-refractivity contribution in [2.24, 2.45) is 5.10 Å². The van der Waals surface area contributed by atoms with Gasteiger partial charge < -0.3 is 4.74 Å². The molecule has 1 aromatic heterocycles. The van der Waals surface area contributed by atoms with Crippen LogP contribution in [-0.4, -0.2) is 45.4 Å². The van der Waals surface area contributed by atoms with Crippen LogP contribution in [0.4, 0.5) is 5.69 Å². The number of amides is 1. The summed E-state index contributed by atoms with van der Waals surface area (Å²) in [4.78, 5) is 16.7. The number of aromatic nitrogens is 1. The molecule has 1 N–H and O–H groups in total. The van der Waals surface area contributed by atoms with Crippen LogP contribution in [-0.2, 0) is 14.8 Å². The number of halogens is 2. The highest BCUT2D eigenvalue weighted by molar-refractivity contribution is 7.92. The van der Waals surface area contributed by atoms with E-state index in [1.54, 1.807) is 44.4 Å². The van der Waals surface area contributed by atoms with Crippen LogP contribution in [0, 0.1) is 6.92 Å². The van der Waals surface area contributed by atoms with Gasteiger partial charge in [-0.3, -0.25) is 9.10 Å². The first-order valence-corrected chi connectivity index (χ1v) is 11.9. The van der Waals surface area contributed by atoms with Crippen LogP contribution >= 0.6 is 23.2 Å². The van der Waals surface area contributed by atoms with Crippen LogP contribution in [0.1, 0.15) is 11.1 Å². The van der Waals surface area contributed by atoms with Crippen LogP contribution in [0.2, 0.25) is 10.2 Å². The molecule has 0 atom stereocenters. The summed E-state index contributed by atoms with van der Waals surface area (Å²) in [5, 5.41) is 5.27. The fourth-order valence-electron chi connectivity index (χ4n) is 2.83. The molecule has 0 aliphatic heterocycles. The van der Waals surface area contributed by atoms with Gasteiger partial charge in [-0.15, -0.1) is 0 Å². The average Bonchev–Trinajstić information content (AvgIpc) is 2.73. The monoisotopic (exact) mass is 494 g/mol. The smallest absolute Gasteiger partial charge is 0.260 e. The molecule has 0 aliphatic carbocycles. The van der Waals surface area contributed by atoms with Crippen LogP contribution in [0.25, 0.3) is 10.9 Å². The number of benzene rings is 2. The summed E-state index contributed by atoms with van der Waals surface area (Å²) in [6, 6.07) is 11.9. The van der Waals surface area contributed by atoms with E-state index in [1.165, 1.54) is 12.3 Å². The third kappa shape index (κ3) is 5.67. The van der Waals surface area contributed by atoms with Gasteiger partial charge in [-0.25, -0.2) is 18.8 Å². The number of sulfonamides is 1. The van der Waals surface area contributed by atoms with Crippen molar-refractivity contribution in [2.75, 3.05) is 24.2 Å². The van der Waals surface area contributed by atoms with E-state index < -0.39 is 22.5 Å². The zero-order valence-corrected chi connectivity index (χ0v) is 19.8. The molecule has 11 heteroatoms. The quantitative estimate of drug-likeness (QED) is 0.306. The van der Waals surface area contributed by atoms with Crippen molar-refractivity contribution in [1.29, 1.82) is 0 Å². The third-order valence-electron chi connectivity index (χ3n) is 4.53. The maximum atomic E-state index is 12.4. The lowest BCUT2D eigenvalue weighted by Gasteiger charge is -2.21. The predicted octanol–water partition coefficient (Wildman–Crippen LogP) is 3.77. The van der Waals surface area contributed by atoms with Gasteiger partial charge in [0.15, 0.2) is 0 Å². The van der Waals surface area contributed by atoms with Crippen molar-refractivity contribution in [1.82, 2.24) is 10.4 Å². The Bertz CT molecular complexity index is 1310. The fraction of sp³-hybridized carbons (Fsp3) is 0.190. The molecule has 8 nitrogen and oxygen atoms in total. The van der Waals surface area contributed by atoms with E-state index in [2.05, 4.69) is 15.5 Å². The van der Waals surface area contributed by atoms with Gasteiger partial charge in [0.1, 0.15) is 17.4 Å². The Labute approximate surface area is 195 Å². The molecule has 168 valence electrons. The molecule has 1 amide bonds. The van der Waals surface area contributed by atoms with Crippen LogP contribution in [0.3, 0.4) is 0 Å². The van der Waals surface area contributed by atoms with Crippen molar-refractivity contribution in [3.05, 3.63) is 63.8 Å². The number of anilines is 1. The molecule has 0 saturated carbocycles. The normalized spacial score (nSPS) is 11.7. The van der Waals surface area contributed by atoms with Gasteiger partial charge in [-0.1, -0.05) is 29.3 Å². The Morgan fingerprint density at radius 3 is 2.62 bits per heavy atom. The van der Waals surface area contributed by atoms with Gasteiger partial charge in [0.05, 0.1) is 30.8 Å². The molecule has 0 fully saturated rings. The molecular formula is C21H20Cl2N4O4S. The second-order valence-electron chi connectivity index (χ2n) is 6.92. The summed E-state index contributed by atoms with van der Waals surface area (Å²) < 4.78 is 30.5. The molecule has 0 bridgehead atoms. The predicted molar refractivity (Wildman–Crippen MR) is 127 cm³/mol. The van der Waals surface area contributed by atoms with Gasteiger partial charge in [0.25, 0.3) is 5.91 Å². The molecule has 0 saturated heterocycles. The number of ether oxygens (including phenoxy) is 1. The highest BCUT2D eigenvalue weighted by Gasteiger charge is 2.21. The number of methoxy groups -OCH3 is 1. The van der Waals surface area contributed by atoms with E-state index in [9.17, 15) is 13.2 Å². The summed E-state index contributed by atoms with van der Waals surface area (Å²) in [6.45, 7) is 1.32. The van der Waals surface area contributed by atoms with E-state index in [0.29, 0.717) is 21.9 Å². The van der Waals surface area contributed by atoms with Crippen molar-refractivity contribution >= 4 is 61.9 Å². The summed E-state index contributed by atoms with van der Waals surface area (Å²) in [5.41, 5.74) is 4.50. The molecule has 0 aliphatic rings. The second kappa shape index (κ2) is 9.72. The number of carbonyl (C=O) groups excluding carboxylic acids is 1. The van der Waals surface area contributed by atoms with Gasteiger partial charge in [-0.05, 0) is 42.8 Å². The lowest BCUT2D eigenvalue weighted by molar-refractivity contribution is -0.119. The topological polar surface area (TPSA) is 101 Å². The van der Waals surface area contributed by atoms with Crippen LogP contribution in [0.15, 0.2) is 47.6 Å². The Hall–Kier alpha value is -2.88. The zero-order valence-electron chi connectivity index (χ0n) is 17.5. The Balaban J connectivity index is 1.75. The molecular weight excluding hydrogens is 475 g/mol. The number of hydrazone groups is 1. The molecule has 32 heavy (non-hydrogen) atoms. The fourth-order valence-corrected chi connectivity index (χ4v) is 4.05. The highest BCUT2D eigenvalue weighted by atomic mass is 35.5. The first kappa shape index (κ1) is 23.8. The molecule has 0 unspecified atom stereocenters. The highest BCUT2D eigenvalue weighted by Crippen LogP contribution is 2.25. The van der Waals surface area contributed by atoms with Crippen molar-refractivity contribution < 1.29 is 17.9 Å². The van der Waals surface area contributed by atoms with E-state index in [4.69, 9.17) is 27.9 Å². The number of pyridine rings is 1. The minimum absolute atomic E-state index is 0.191. The third-order valence-corrected chi connectivity index (χ3v) is 6.38. The summed E-state index contributed by atoms with van der Waals surface area (Å²) in [6.07, 6.45) is 2.34. The molecule has 3 rings (SSSR count). The van der Waals surface area contributed by atoms with Crippen LogP contribution < -0.4 is 14.5 Å². The Kier molecular flexibility index (Phi) is 7.22. The van der Waals surface area contributed by atoms with Crippen molar-refractivity contribution in [3.8, 4) is 5.75 Å². The standard InChI is InChI=1S/C21H20Cl2N4O4S/c1-13-4-6-16(9-18(13)22)27(32(3,29)30)12-20(28)26-24-11-15-8-14-5-7-17(31-2)10-19(14)25-21(15)23/h4-11H,12H2,1-3H3,(H,26,28)/b24-11-. The Morgan fingerprint density at radius 2 is 1.97 bits per heavy atom. The number of hydrogen-bond acceptors (Lipinski definition) is 6. The number of nitrogens with zero attached hydrogens (tertiary/aromatic N) is 3. The van der Waals surface area contributed by atoms with Crippen LogP contribution in [0.5, 0.6) is 5.75 Å². The zero-order chi connectivity index (χ0) is 23.5. The number of nitrogens with one attached hydrogen (secondary N) is 1. The molecule has 0 spiro atoms. The first-order chi connectivity index (χ1) is 15.1. The van der Waals surface area contributed by atoms with E-state index in [0.717, 1.165) is 21.5 Å². The summed E-state index contributed by atoms with van der Waals surface area (Å²) in [7, 11) is -2.18. The number of fused-ring (bicyclic) bond motifs is 1. The minimum atomic E-state index is -3.74. The Morgan fingerprint density at radius 1 is 1.22 bits per heavy atom. The minimum Gasteiger partial charge on any atom is -0.497 e. The van der Waals surface area contributed by atoms with Gasteiger partial charge in [0, 0.05) is 22.0 Å². The molecule has 2 aromatic carbocycles. The van der Waals surface area contributed by atoms with E-state index in [1.807, 2.05) is 6.07 Å². The maximum absolute atomic E-state index is 12.4. The van der Waals surface area contributed by atoms with Crippen molar-refractivity contribution in [2.45, 2.75) is 6.92 Å². The average molecular weight is 495 g/mol. The summed E-state index contributed by atoms with van der Waals surface area (Å²) >= 11 is 12.3. The van der Waals surface area contributed by atoms with Gasteiger partial charge in [0.2, 0.25) is 10.0 Å². The van der Waals surface area contributed by atoms with E-state index >= 15 is 0 Å².